The van der Waals surface area contributed by atoms with Crippen LogP contribution in [0.2, 0.25) is 0 Å². The standard InChI is InChI=1S/C28H31FN8/c1-37(2)11-3-4-17-12-19(14-21(29)13-17)24-26-23(7-10-31-24)33-28(34-26)25-22-15-20(16-32-27(22)36-35-25)18-5-8-30-9-6-18/h7,10,12-16,18,30H,3-6,8-9,11H2,1-2H3,(H,33,34)(H,32,35,36). The minimum atomic E-state index is -0.261. The van der Waals surface area contributed by atoms with Crippen LogP contribution in [0.4, 0.5) is 4.39 Å². The second kappa shape index (κ2) is 9.99. The van der Waals surface area contributed by atoms with E-state index in [0.717, 1.165) is 73.0 Å². The van der Waals surface area contributed by atoms with Crippen LogP contribution in [-0.4, -0.2) is 68.8 Å². The Morgan fingerprint density at radius 1 is 1.08 bits per heavy atom. The molecule has 6 rings (SSSR count). The lowest BCUT2D eigenvalue weighted by molar-refractivity contribution is 0.400. The molecule has 5 aromatic rings. The third-order valence-electron chi connectivity index (χ3n) is 7.18. The highest BCUT2D eigenvalue weighted by atomic mass is 19.1. The van der Waals surface area contributed by atoms with Crippen LogP contribution in [0, 0.1) is 5.82 Å². The molecule has 8 nitrogen and oxygen atoms in total. The third kappa shape index (κ3) is 4.84. The van der Waals surface area contributed by atoms with Gasteiger partial charge in [-0.15, -0.1) is 0 Å². The van der Waals surface area contributed by atoms with Crippen LogP contribution >= 0.6 is 0 Å². The van der Waals surface area contributed by atoms with E-state index in [-0.39, 0.29) is 5.82 Å². The van der Waals surface area contributed by atoms with Crippen molar-refractivity contribution >= 4 is 22.1 Å². The van der Waals surface area contributed by atoms with E-state index in [0.29, 0.717) is 28.6 Å². The lowest BCUT2D eigenvalue weighted by Gasteiger charge is -2.22. The van der Waals surface area contributed by atoms with Gasteiger partial charge < -0.3 is 15.2 Å². The number of aromatic amines is 2. The van der Waals surface area contributed by atoms with Crippen molar-refractivity contribution < 1.29 is 4.39 Å². The molecule has 1 aliphatic heterocycles. The minimum absolute atomic E-state index is 0.261. The number of halogens is 1. The number of pyridine rings is 2. The molecule has 37 heavy (non-hydrogen) atoms. The zero-order valence-corrected chi connectivity index (χ0v) is 21.2. The fourth-order valence-electron chi connectivity index (χ4n) is 5.27. The lowest BCUT2D eigenvalue weighted by Crippen LogP contribution is -2.26. The number of hydrogen-bond donors (Lipinski definition) is 3. The number of imidazole rings is 1. The van der Waals surface area contributed by atoms with Gasteiger partial charge >= 0.3 is 0 Å². The Kier molecular flexibility index (Phi) is 6.40. The van der Waals surface area contributed by atoms with Crippen LogP contribution in [0.1, 0.15) is 36.3 Å². The first-order valence-electron chi connectivity index (χ1n) is 12.9. The summed E-state index contributed by atoms with van der Waals surface area (Å²) in [6.07, 6.45) is 7.65. The van der Waals surface area contributed by atoms with Crippen LogP contribution in [0.25, 0.3) is 44.8 Å². The van der Waals surface area contributed by atoms with Crippen molar-refractivity contribution in [1.82, 2.24) is 40.3 Å². The number of fused-ring (bicyclic) bond motifs is 2. The highest BCUT2D eigenvalue weighted by Crippen LogP contribution is 2.33. The average molecular weight is 499 g/mol. The zero-order chi connectivity index (χ0) is 25.4. The molecule has 0 atom stereocenters. The molecule has 1 saturated heterocycles. The molecule has 1 aromatic carbocycles. The number of hydrogen-bond acceptors (Lipinski definition) is 6. The topological polar surface area (TPSA) is 98.4 Å². The molecule has 190 valence electrons. The first-order valence-corrected chi connectivity index (χ1v) is 12.9. The Balaban J connectivity index is 1.37. The van der Waals surface area contributed by atoms with Gasteiger partial charge in [-0.05, 0) is 107 Å². The Morgan fingerprint density at radius 3 is 2.78 bits per heavy atom. The summed E-state index contributed by atoms with van der Waals surface area (Å²) in [5, 5.41) is 11.9. The van der Waals surface area contributed by atoms with E-state index in [1.54, 1.807) is 12.3 Å². The molecule has 0 amide bonds. The number of rotatable bonds is 7. The zero-order valence-electron chi connectivity index (χ0n) is 21.2. The van der Waals surface area contributed by atoms with Gasteiger partial charge in [0.25, 0.3) is 0 Å². The van der Waals surface area contributed by atoms with Gasteiger partial charge in [-0.25, -0.2) is 14.4 Å². The lowest BCUT2D eigenvalue weighted by atomic mass is 9.91. The van der Waals surface area contributed by atoms with Crippen LogP contribution in [-0.2, 0) is 6.42 Å². The molecule has 9 heteroatoms. The Hall–Kier alpha value is -3.69. The monoisotopic (exact) mass is 498 g/mol. The number of aryl methyl sites for hydroxylation is 1. The molecular weight excluding hydrogens is 467 g/mol. The van der Waals surface area contributed by atoms with Gasteiger partial charge in [-0.2, -0.15) is 5.10 Å². The molecule has 0 unspecified atom stereocenters. The number of H-pyrrole nitrogens is 2. The Bertz CT molecular complexity index is 1550. The van der Waals surface area contributed by atoms with Crippen molar-refractivity contribution in [2.75, 3.05) is 33.7 Å². The molecule has 0 aliphatic carbocycles. The summed E-state index contributed by atoms with van der Waals surface area (Å²) < 4.78 is 14.6. The number of nitrogens with one attached hydrogen (secondary N) is 3. The largest absolute Gasteiger partial charge is 0.337 e. The van der Waals surface area contributed by atoms with Crippen molar-refractivity contribution in [3.05, 3.63) is 59.7 Å². The second-order valence-electron chi connectivity index (χ2n) is 10.2. The first-order chi connectivity index (χ1) is 18.0. The fraction of sp³-hybridized carbons (Fsp3) is 0.357. The Labute approximate surface area is 214 Å². The van der Waals surface area contributed by atoms with Gasteiger partial charge in [0.1, 0.15) is 17.0 Å². The SMILES string of the molecule is CN(C)CCCc1cc(F)cc(-c2nccc3[nH]c(-c4[nH]nc5ncc(C6CCNCC6)cc45)nc23)c1. The number of nitrogens with zero attached hydrogens (tertiary/aromatic N) is 5. The van der Waals surface area contributed by atoms with E-state index in [9.17, 15) is 4.39 Å². The van der Waals surface area contributed by atoms with Crippen molar-refractivity contribution in [1.29, 1.82) is 0 Å². The molecule has 5 heterocycles. The van der Waals surface area contributed by atoms with Gasteiger partial charge in [0.05, 0.1) is 16.6 Å². The third-order valence-corrected chi connectivity index (χ3v) is 7.18. The molecule has 0 bridgehead atoms. The van der Waals surface area contributed by atoms with Crippen LogP contribution in [0.5, 0.6) is 0 Å². The smallest absolute Gasteiger partial charge is 0.181 e. The van der Waals surface area contributed by atoms with Crippen molar-refractivity contribution in [2.45, 2.75) is 31.6 Å². The van der Waals surface area contributed by atoms with E-state index in [2.05, 4.69) is 41.4 Å². The molecule has 0 radical (unpaired) electrons. The number of piperidine rings is 1. The average Bonchev–Trinajstić information content (AvgIpc) is 3.52. The summed E-state index contributed by atoms with van der Waals surface area (Å²) >= 11 is 0. The summed E-state index contributed by atoms with van der Waals surface area (Å²) in [5.41, 5.74) is 6.58. The maximum atomic E-state index is 14.6. The Morgan fingerprint density at radius 2 is 1.95 bits per heavy atom. The van der Waals surface area contributed by atoms with E-state index in [4.69, 9.17) is 4.98 Å². The molecule has 3 N–H and O–H groups in total. The second-order valence-corrected chi connectivity index (χ2v) is 10.2. The summed E-state index contributed by atoms with van der Waals surface area (Å²) in [4.78, 5) is 19.7. The summed E-state index contributed by atoms with van der Waals surface area (Å²) in [6, 6.07) is 9.25. The summed E-state index contributed by atoms with van der Waals surface area (Å²) in [7, 11) is 4.09. The summed E-state index contributed by atoms with van der Waals surface area (Å²) in [5.74, 6) is 0.897. The van der Waals surface area contributed by atoms with Crippen molar-refractivity contribution in [3.63, 3.8) is 0 Å². The van der Waals surface area contributed by atoms with Crippen LogP contribution in [0.3, 0.4) is 0 Å². The predicted octanol–water partition coefficient (Wildman–Crippen LogP) is 4.66. The van der Waals surface area contributed by atoms with Gasteiger partial charge in [-0.3, -0.25) is 10.1 Å². The molecule has 0 saturated carbocycles. The van der Waals surface area contributed by atoms with Gasteiger partial charge in [0.15, 0.2) is 11.5 Å². The number of benzene rings is 1. The molecule has 1 aliphatic rings. The molecule has 4 aromatic heterocycles. The van der Waals surface area contributed by atoms with E-state index in [1.807, 2.05) is 32.4 Å². The highest BCUT2D eigenvalue weighted by molar-refractivity contribution is 5.95. The minimum Gasteiger partial charge on any atom is -0.337 e. The maximum Gasteiger partial charge on any atom is 0.181 e. The first kappa shape index (κ1) is 23.7. The highest BCUT2D eigenvalue weighted by Gasteiger charge is 2.20. The van der Waals surface area contributed by atoms with Gasteiger partial charge in [0.2, 0.25) is 0 Å². The van der Waals surface area contributed by atoms with Crippen LogP contribution < -0.4 is 5.32 Å². The molecule has 1 fully saturated rings. The van der Waals surface area contributed by atoms with E-state index >= 15 is 0 Å². The quantitative estimate of drug-likeness (QED) is 0.302. The van der Waals surface area contributed by atoms with Crippen LogP contribution in [0.15, 0.2) is 42.7 Å². The van der Waals surface area contributed by atoms with Gasteiger partial charge in [0, 0.05) is 18.0 Å². The number of aromatic nitrogens is 6. The predicted molar refractivity (Wildman–Crippen MR) is 144 cm³/mol. The fourth-order valence-corrected chi connectivity index (χ4v) is 5.27. The van der Waals surface area contributed by atoms with Crippen molar-refractivity contribution in [2.24, 2.45) is 0 Å². The van der Waals surface area contributed by atoms with E-state index < -0.39 is 0 Å². The van der Waals surface area contributed by atoms with E-state index in [1.165, 1.54) is 11.6 Å². The molecular formula is C28H31FN8. The summed E-state index contributed by atoms with van der Waals surface area (Å²) in [6.45, 7) is 3.00. The van der Waals surface area contributed by atoms with Crippen molar-refractivity contribution in [3.8, 4) is 22.8 Å². The molecule has 0 spiro atoms. The maximum absolute atomic E-state index is 14.6. The normalized spacial score (nSPS) is 14.8. The van der Waals surface area contributed by atoms with Gasteiger partial charge in [-0.1, -0.05) is 0 Å².